The number of sulfonamides is 1. The van der Waals surface area contributed by atoms with Crippen LogP contribution in [0.3, 0.4) is 0 Å². The molecule has 0 unspecified atom stereocenters. The molecule has 3 aromatic carbocycles. The summed E-state index contributed by atoms with van der Waals surface area (Å²) in [6, 6.07) is 17.8. The highest BCUT2D eigenvalue weighted by molar-refractivity contribution is 7.98. The molecule has 1 N–H and O–H groups in total. The third kappa shape index (κ3) is 5.33. The van der Waals surface area contributed by atoms with Gasteiger partial charge < -0.3 is 5.32 Å². The third-order valence-electron chi connectivity index (χ3n) is 4.16. The Morgan fingerprint density at radius 1 is 1.07 bits per heavy atom. The van der Waals surface area contributed by atoms with Gasteiger partial charge in [0, 0.05) is 15.6 Å². The van der Waals surface area contributed by atoms with E-state index in [2.05, 4.69) is 5.32 Å². The third-order valence-corrected chi connectivity index (χ3v) is 6.94. The number of carbonyl (C=O) groups excluding carboxylic acids is 1. The van der Waals surface area contributed by atoms with Crippen molar-refractivity contribution in [3.05, 3.63) is 83.6 Å². The smallest absolute Gasteiger partial charge is 0.264 e. The maximum atomic E-state index is 13.8. The summed E-state index contributed by atoms with van der Waals surface area (Å²) in [6.45, 7) is -0.529. The van der Waals surface area contributed by atoms with Gasteiger partial charge in [-0.1, -0.05) is 17.7 Å². The molecule has 3 rings (SSSR count). The van der Waals surface area contributed by atoms with Crippen molar-refractivity contribution >= 4 is 50.7 Å². The van der Waals surface area contributed by atoms with Gasteiger partial charge >= 0.3 is 0 Å². The van der Waals surface area contributed by atoms with E-state index in [4.69, 9.17) is 11.6 Å². The van der Waals surface area contributed by atoms with Crippen molar-refractivity contribution in [3.63, 3.8) is 0 Å². The van der Waals surface area contributed by atoms with Crippen LogP contribution in [0.5, 0.6) is 0 Å². The topological polar surface area (TPSA) is 66.5 Å². The molecule has 0 atom stereocenters. The average Bonchev–Trinajstić information content (AvgIpc) is 2.73. The SMILES string of the molecule is CSc1ccc(S(=O)(=O)N(CC(=O)Nc2ccc(Cl)cc2)c2cccc(F)c2)cc1. The lowest BCUT2D eigenvalue weighted by atomic mass is 10.3. The summed E-state index contributed by atoms with van der Waals surface area (Å²) >= 11 is 7.32. The first-order chi connectivity index (χ1) is 14.3. The van der Waals surface area contributed by atoms with Crippen LogP contribution in [-0.2, 0) is 14.8 Å². The molecule has 0 saturated heterocycles. The number of anilines is 2. The van der Waals surface area contributed by atoms with Crippen LogP contribution >= 0.6 is 23.4 Å². The predicted molar refractivity (Wildman–Crippen MR) is 119 cm³/mol. The number of nitrogens with one attached hydrogen (secondary N) is 1. The van der Waals surface area contributed by atoms with E-state index in [1.54, 1.807) is 36.4 Å². The molecule has 9 heteroatoms. The van der Waals surface area contributed by atoms with Gasteiger partial charge in [0.05, 0.1) is 10.6 Å². The standard InChI is InChI=1S/C21H18ClFN2O3S2/c1-29-19-9-11-20(12-10-19)30(27,28)25(18-4-2-3-16(23)13-18)14-21(26)24-17-7-5-15(22)6-8-17/h2-13H,14H2,1H3,(H,24,26). The van der Waals surface area contributed by atoms with Gasteiger partial charge in [-0.05, 0) is 73.0 Å². The first kappa shape index (κ1) is 22.1. The van der Waals surface area contributed by atoms with Crippen LogP contribution in [0.25, 0.3) is 0 Å². The quantitative estimate of drug-likeness (QED) is 0.498. The number of carbonyl (C=O) groups is 1. The van der Waals surface area contributed by atoms with Gasteiger partial charge in [0.25, 0.3) is 10.0 Å². The van der Waals surface area contributed by atoms with Gasteiger partial charge in [0.15, 0.2) is 0 Å². The van der Waals surface area contributed by atoms with E-state index in [9.17, 15) is 17.6 Å². The van der Waals surface area contributed by atoms with E-state index in [1.807, 2.05) is 6.26 Å². The highest BCUT2D eigenvalue weighted by atomic mass is 35.5. The molecule has 0 aromatic heterocycles. The molecule has 0 spiro atoms. The Bertz CT molecular complexity index is 1140. The molecule has 156 valence electrons. The Morgan fingerprint density at radius 3 is 2.33 bits per heavy atom. The number of hydrogen-bond acceptors (Lipinski definition) is 4. The fraction of sp³-hybridized carbons (Fsp3) is 0.0952. The maximum absolute atomic E-state index is 13.8. The monoisotopic (exact) mass is 464 g/mol. The minimum atomic E-state index is -4.11. The highest BCUT2D eigenvalue weighted by Crippen LogP contribution is 2.26. The molecule has 3 aromatic rings. The van der Waals surface area contributed by atoms with E-state index in [1.165, 1.54) is 42.1 Å². The van der Waals surface area contributed by atoms with Crippen molar-refractivity contribution in [2.75, 3.05) is 22.4 Å². The van der Waals surface area contributed by atoms with Gasteiger partial charge in [-0.25, -0.2) is 12.8 Å². The number of amides is 1. The van der Waals surface area contributed by atoms with Crippen molar-refractivity contribution in [1.29, 1.82) is 0 Å². The van der Waals surface area contributed by atoms with Crippen LogP contribution < -0.4 is 9.62 Å². The van der Waals surface area contributed by atoms with Crippen molar-refractivity contribution in [3.8, 4) is 0 Å². The summed E-state index contributed by atoms with van der Waals surface area (Å²) in [7, 11) is -4.11. The summed E-state index contributed by atoms with van der Waals surface area (Å²) in [5.74, 6) is -1.19. The summed E-state index contributed by atoms with van der Waals surface area (Å²) in [5, 5.41) is 3.13. The van der Waals surface area contributed by atoms with Crippen LogP contribution in [0.1, 0.15) is 0 Å². The normalized spacial score (nSPS) is 11.2. The van der Waals surface area contributed by atoms with Crippen LogP contribution in [0.2, 0.25) is 5.02 Å². The van der Waals surface area contributed by atoms with E-state index in [0.29, 0.717) is 10.7 Å². The van der Waals surface area contributed by atoms with E-state index >= 15 is 0 Å². The summed E-state index contributed by atoms with van der Waals surface area (Å²) in [4.78, 5) is 13.5. The molecule has 0 aliphatic carbocycles. The second-order valence-corrected chi connectivity index (χ2v) is 9.40. The second-order valence-electron chi connectivity index (χ2n) is 6.22. The van der Waals surface area contributed by atoms with Crippen LogP contribution in [-0.4, -0.2) is 27.1 Å². The number of halogens is 2. The number of benzene rings is 3. The van der Waals surface area contributed by atoms with Crippen molar-refractivity contribution < 1.29 is 17.6 Å². The lowest BCUT2D eigenvalue weighted by Gasteiger charge is -2.24. The zero-order valence-electron chi connectivity index (χ0n) is 15.9. The molecular weight excluding hydrogens is 447 g/mol. The Balaban J connectivity index is 1.93. The molecular formula is C21H18ClFN2O3S2. The largest absolute Gasteiger partial charge is 0.325 e. The van der Waals surface area contributed by atoms with Crippen LogP contribution in [0.4, 0.5) is 15.8 Å². The lowest BCUT2D eigenvalue weighted by Crippen LogP contribution is -2.38. The Kier molecular flexibility index (Phi) is 7.02. The number of hydrogen-bond donors (Lipinski definition) is 1. The lowest BCUT2D eigenvalue weighted by molar-refractivity contribution is -0.114. The molecule has 30 heavy (non-hydrogen) atoms. The van der Waals surface area contributed by atoms with Crippen LogP contribution in [0, 0.1) is 5.82 Å². The fourth-order valence-electron chi connectivity index (χ4n) is 2.69. The van der Waals surface area contributed by atoms with Gasteiger partial charge in [-0.15, -0.1) is 11.8 Å². The van der Waals surface area contributed by atoms with Crippen molar-refractivity contribution in [1.82, 2.24) is 0 Å². The number of rotatable bonds is 7. The van der Waals surface area contributed by atoms with Gasteiger partial charge in [-0.3, -0.25) is 9.10 Å². The summed E-state index contributed by atoms with van der Waals surface area (Å²) in [5.41, 5.74) is 0.514. The number of nitrogens with zero attached hydrogens (tertiary/aromatic N) is 1. The molecule has 0 heterocycles. The van der Waals surface area contributed by atoms with E-state index in [-0.39, 0.29) is 10.6 Å². The second kappa shape index (κ2) is 9.51. The maximum Gasteiger partial charge on any atom is 0.264 e. The number of thioether (sulfide) groups is 1. The zero-order chi connectivity index (χ0) is 21.7. The van der Waals surface area contributed by atoms with E-state index < -0.39 is 28.3 Å². The Hall–Kier alpha value is -2.55. The molecule has 0 aliphatic heterocycles. The summed E-state index contributed by atoms with van der Waals surface area (Å²) < 4.78 is 41.2. The molecule has 5 nitrogen and oxygen atoms in total. The molecule has 0 fully saturated rings. The van der Waals surface area contributed by atoms with Gasteiger partial charge in [0.2, 0.25) is 5.91 Å². The first-order valence-corrected chi connectivity index (χ1v) is 11.8. The summed E-state index contributed by atoms with van der Waals surface area (Å²) in [6.07, 6.45) is 1.88. The minimum absolute atomic E-state index is 0.00357. The van der Waals surface area contributed by atoms with Crippen LogP contribution in [0.15, 0.2) is 82.6 Å². The average molecular weight is 465 g/mol. The zero-order valence-corrected chi connectivity index (χ0v) is 18.3. The highest BCUT2D eigenvalue weighted by Gasteiger charge is 2.27. The van der Waals surface area contributed by atoms with Gasteiger partial charge in [0.1, 0.15) is 12.4 Å². The minimum Gasteiger partial charge on any atom is -0.325 e. The van der Waals surface area contributed by atoms with Gasteiger partial charge in [-0.2, -0.15) is 0 Å². The van der Waals surface area contributed by atoms with Crippen molar-refractivity contribution in [2.24, 2.45) is 0 Å². The van der Waals surface area contributed by atoms with Crippen molar-refractivity contribution in [2.45, 2.75) is 9.79 Å². The fourth-order valence-corrected chi connectivity index (χ4v) is 4.63. The van der Waals surface area contributed by atoms with E-state index in [0.717, 1.165) is 15.3 Å². The molecule has 0 saturated carbocycles. The molecule has 0 radical (unpaired) electrons. The first-order valence-electron chi connectivity index (χ1n) is 8.77. The molecule has 0 aliphatic rings. The predicted octanol–water partition coefficient (Wildman–Crippen LogP) is 5.04. The molecule has 0 bridgehead atoms. The Labute approximate surface area is 183 Å². The molecule has 1 amide bonds. The Morgan fingerprint density at radius 2 is 1.73 bits per heavy atom.